The number of ketones is 1. The highest BCUT2D eigenvalue weighted by molar-refractivity contribution is 6.11. The van der Waals surface area contributed by atoms with E-state index in [-0.39, 0.29) is 0 Å². The lowest BCUT2D eigenvalue weighted by Gasteiger charge is -2.07. The van der Waals surface area contributed by atoms with Crippen LogP contribution in [0.25, 0.3) is 0 Å². The Morgan fingerprint density at radius 2 is 1.80 bits per heavy atom. The molecular weight excluding hydrogens is 194 g/mol. The minimum absolute atomic E-state index is 0.415. The van der Waals surface area contributed by atoms with Gasteiger partial charge in [-0.25, -0.2) is 4.79 Å². The van der Waals surface area contributed by atoms with Crippen LogP contribution in [0.5, 0.6) is 0 Å². The molecule has 1 aromatic rings. The van der Waals surface area contributed by atoms with Crippen LogP contribution in [0, 0.1) is 6.92 Å². The molecular formula is C11H13NO3. The second-order valence-corrected chi connectivity index (χ2v) is 3.23. The average molecular weight is 207 g/mol. The number of esters is 1. The smallest absolute Gasteiger partial charge is 0.330 e. The van der Waals surface area contributed by atoms with Crippen LogP contribution < -0.4 is 5.73 Å². The van der Waals surface area contributed by atoms with Gasteiger partial charge in [-0.2, -0.15) is 0 Å². The van der Waals surface area contributed by atoms with Crippen molar-refractivity contribution in [1.82, 2.24) is 0 Å². The van der Waals surface area contributed by atoms with E-state index in [1.165, 1.54) is 7.11 Å². The number of carbonyl (C=O) groups excluding carboxylic acids is 2. The van der Waals surface area contributed by atoms with Gasteiger partial charge < -0.3 is 10.5 Å². The van der Waals surface area contributed by atoms with Gasteiger partial charge in [0.05, 0.1) is 7.11 Å². The average Bonchev–Trinajstić information content (AvgIpc) is 2.27. The molecule has 1 aromatic carbocycles. The summed E-state index contributed by atoms with van der Waals surface area (Å²) in [7, 11) is 1.20. The lowest BCUT2D eigenvalue weighted by molar-refractivity contribution is -0.140. The number of carbonyl (C=O) groups is 2. The molecule has 0 heterocycles. The largest absolute Gasteiger partial charge is 0.468 e. The molecule has 0 aromatic heterocycles. The van der Waals surface area contributed by atoms with Crippen LogP contribution in [0.2, 0.25) is 0 Å². The number of rotatable bonds is 3. The van der Waals surface area contributed by atoms with Crippen molar-refractivity contribution in [2.75, 3.05) is 7.11 Å². The van der Waals surface area contributed by atoms with E-state index in [1.807, 2.05) is 6.92 Å². The van der Waals surface area contributed by atoms with Crippen LogP contribution in [-0.2, 0) is 9.53 Å². The Hall–Kier alpha value is -1.68. The van der Waals surface area contributed by atoms with E-state index in [4.69, 9.17) is 5.73 Å². The van der Waals surface area contributed by atoms with E-state index >= 15 is 0 Å². The monoisotopic (exact) mass is 207 g/mol. The Labute approximate surface area is 88.0 Å². The van der Waals surface area contributed by atoms with Crippen LogP contribution in [0.4, 0.5) is 0 Å². The van der Waals surface area contributed by atoms with E-state index in [9.17, 15) is 9.59 Å². The molecule has 0 spiro atoms. The molecule has 80 valence electrons. The maximum absolute atomic E-state index is 11.6. The first-order valence-electron chi connectivity index (χ1n) is 4.50. The lowest BCUT2D eigenvalue weighted by Crippen LogP contribution is -2.39. The SMILES string of the molecule is COC(=O)C(N)C(=O)c1ccc(C)cc1. The third-order valence-electron chi connectivity index (χ3n) is 2.07. The van der Waals surface area contributed by atoms with Gasteiger partial charge >= 0.3 is 5.97 Å². The Morgan fingerprint density at radius 3 is 2.27 bits per heavy atom. The number of ether oxygens (including phenoxy) is 1. The molecule has 0 saturated heterocycles. The molecule has 4 nitrogen and oxygen atoms in total. The highest BCUT2D eigenvalue weighted by atomic mass is 16.5. The van der Waals surface area contributed by atoms with Crippen molar-refractivity contribution in [2.24, 2.45) is 5.73 Å². The molecule has 0 amide bonds. The molecule has 0 fully saturated rings. The van der Waals surface area contributed by atoms with Crippen molar-refractivity contribution < 1.29 is 14.3 Å². The molecule has 0 aliphatic rings. The number of nitrogens with two attached hydrogens (primary N) is 1. The number of aryl methyl sites for hydroxylation is 1. The second-order valence-electron chi connectivity index (χ2n) is 3.23. The number of benzene rings is 1. The van der Waals surface area contributed by atoms with Gasteiger partial charge in [-0.15, -0.1) is 0 Å². The number of hydrogen-bond acceptors (Lipinski definition) is 4. The quantitative estimate of drug-likeness (QED) is 0.449. The minimum atomic E-state index is -1.24. The first-order chi connectivity index (χ1) is 7.06. The minimum Gasteiger partial charge on any atom is -0.468 e. The lowest BCUT2D eigenvalue weighted by atomic mass is 10.0. The predicted molar refractivity (Wildman–Crippen MR) is 55.5 cm³/mol. The van der Waals surface area contributed by atoms with E-state index in [2.05, 4.69) is 4.74 Å². The molecule has 0 aliphatic carbocycles. The van der Waals surface area contributed by atoms with E-state index < -0.39 is 17.8 Å². The number of Topliss-reactive ketones (excluding diaryl/α,β-unsaturated/α-hetero) is 1. The van der Waals surface area contributed by atoms with Gasteiger partial charge in [0.2, 0.25) is 0 Å². The summed E-state index contributed by atoms with van der Waals surface area (Å²) in [6, 6.07) is 5.62. The van der Waals surface area contributed by atoms with Gasteiger partial charge in [0.15, 0.2) is 11.8 Å². The maximum atomic E-state index is 11.6. The van der Waals surface area contributed by atoms with Crippen LogP contribution in [0.1, 0.15) is 15.9 Å². The summed E-state index contributed by atoms with van der Waals surface area (Å²) in [5.41, 5.74) is 6.87. The topological polar surface area (TPSA) is 69.4 Å². The first kappa shape index (κ1) is 11.4. The fourth-order valence-electron chi connectivity index (χ4n) is 1.13. The zero-order valence-corrected chi connectivity index (χ0v) is 8.69. The molecule has 0 bridgehead atoms. The first-order valence-corrected chi connectivity index (χ1v) is 4.50. The second kappa shape index (κ2) is 4.70. The third kappa shape index (κ3) is 2.63. The van der Waals surface area contributed by atoms with Gasteiger partial charge in [-0.05, 0) is 6.92 Å². The van der Waals surface area contributed by atoms with Crippen molar-refractivity contribution in [3.05, 3.63) is 35.4 Å². The van der Waals surface area contributed by atoms with Gasteiger partial charge in [0, 0.05) is 5.56 Å². The normalized spacial score (nSPS) is 11.9. The predicted octanol–water partition coefficient (Wildman–Crippen LogP) is 0.678. The van der Waals surface area contributed by atoms with E-state index in [1.54, 1.807) is 24.3 Å². The Bertz CT molecular complexity index is 370. The summed E-state index contributed by atoms with van der Waals surface area (Å²) in [4.78, 5) is 22.7. The Morgan fingerprint density at radius 1 is 1.27 bits per heavy atom. The summed E-state index contributed by atoms with van der Waals surface area (Å²) < 4.78 is 4.39. The van der Waals surface area contributed by atoms with E-state index in [0.29, 0.717) is 5.56 Å². The van der Waals surface area contributed by atoms with Crippen LogP contribution >= 0.6 is 0 Å². The highest BCUT2D eigenvalue weighted by Gasteiger charge is 2.23. The van der Waals surface area contributed by atoms with Gasteiger partial charge in [0.1, 0.15) is 0 Å². The van der Waals surface area contributed by atoms with Crippen molar-refractivity contribution in [3.63, 3.8) is 0 Å². The molecule has 1 rings (SSSR count). The molecule has 1 atom stereocenters. The fourth-order valence-corrected chi connectivity index (χ4v) is 1.13. The maximum Gasteiger partial charge on any atom is 0.330 e. The summed E-state index contributed by atoms with van der Waals surface area (Å²) in [5.74, 6) is -1.15. The van der Waals surface area contributed by atoms with E-state index in [0.717, 1.165) is 5.56 Å². The fraction of sp³-hybridized carbons (Fsp3) is 0.273. The summed E-state index contributed by atoms with van der Waals surface area (Å²) in [5, 5.41) is 0. The van der Waals surface area contributed by atoms with Crippen LogP contribution in [0.15, 0.2) is 24.3 Å². The molecule has 0 saturated carbocycles. The molecule has 15 heavy (non-hydrogen) atoms. The molecule has 0 radical (unpaired) electrons. The van der Waals surface area contributed by atoms with Crippen molar-refractivity contribution in [1.29, 1.82) is 0 Å². The van der Waals surface area contributed by atoms with Gasteiger partial charge in [-0.1, -0.05) is 29.8 Å². The zero-order valence-electron chi connectivity index (χ0n) is 8.69. The van der Waals surface area contributed by atoms with Crippen LogP contribution in [-0.4, -0.2) is 24.9 Å². The van der Waals surface area contributed by atoms with Gasteiger partial charge in [-0.3, -0.25) is 4.79 Å². The van der Waals surface area contributed by atoms with Crippen LogP contribution in [0.3, 0.4) is 0 Å². The summed E-state index contributed by atoms with van der Waals surface area (Å²) >= 11 is 0. The van der Waals surface area contributed by atoms with Crippen molar-refractivity contribution in [2.45, 2.75) is 13.0 Å². The summed E-state index contributed by atoms with van der Waals surface area (Å²) in [6.45, 7) is 1.91. The summed E-state index contributed by atoms with van der Waals surface area (Å²) in [6.07, 6.45) is 0. The third-order valence-corrected chi connectivity index (χ3v) is 2.07. The Balaban J connectivity index is 2.85. The number of methoxy groups -OCH3 is 1. The molecule has 1 unspecified atom stereocenters. The number of hydrogen-bond donors (Lipinski definition) is 1. The van der Waals surface area contributed by atoms with Crippen molar-refractivity contribution in [3.8, 4) is 0 Å². The highest BCUT2D eigenvalue weighted by Crippen LogP contribution is 2.06. The standard InChI is InChI=1S/C11H13NO3/c1-7-3-5-8(6-4-7)10(13)9(12)11(14)15-2/h3-6,9H,12H2,1-2H3. The molecule has 4 heteroatoms. The van der Waals surface area contributed by atoms with Crippen molar-refractivity contribution >= 4 is 11.8 Å². The Kier molecular flexibility index (Phi) is 3.57. The molecule has 0 aliphatic heterocycles. The van der Waals surface area contributed by atoms with Gasteiger partial charge in [0.25, 0.3) is 0 Å². The molecule has 2 N–H and O–H groups in total. The zero-order chi connectivity index (χ0) is 11.4.